The van der Waals surface area contributed by atoms with Gasteiger partial charge in [-0.2, -0.15) is 0 Å². The van der Waals surface area contributed by atoms with E-state index in [1.165, 1.54) is 12.5 Å². The van der Waals surface area contributed by atoms with E-state index in [0.29, 0.717) is 18.7 Å². The quantitative estimate of drug-likeness (QED) is 0.0751. The van der Waals surface area contributed by atoms with E-state index in [0.717, 1.165) is 0 Å². The predicted octanol–water partition coefficient (Wildman–Crippen LogP) is -2.45. The number of carboxylic acids is 1. The molecule has 1 aromatic rings. The van der Waals surface area contributed by atoms with Crippen molar-refractivity contribution in [1.29, 1.82) is 0 Å². The number of nitrogens with zero attached hydrogens (tertiary/aromatic N) is 2. The van der Waals surface area contributed by atoms with Gasteiger partial charge in [0.25, 0.3) is 0 Å². The van der Waals surface area contributed by atoms with Gasteiger partial charge < -0.3 is 43.2 Å². The highest BCUT2D eigenvalue weighted by atomic mass is 16.4. The molecule has 1 heterocycles. The first kappa shape index (κ1) is 28.4. The van der Waals surface area contributed by atoms with Crippen LogP contribution in [0.5, 0.6) is 0 Å². The molecule has 0 saturated carbocycles. The van der Waals surface area contributed by atoms with Crippen molar-refractivity contribution in [2.75, 3.05) is 13.1 Å². The number of aliphatic imine (C=N–C) groups is 1. The van der Waals surface area contributed by atoms with Crippen molar-refractivity contribution < 1.29 is 24.3 Å². The van der Waals surface area contributed by atoms with Crippen molar-refractivity contribution in [1.82, 2.24) is 25.9 Å². The number of hydrogen-bond acceptors (Lipinski definition) is 7. The molecule has 14 nitrogen and oxygen atoms in total. The second-order valence-electron chi connectivity index (χ2n) is 8.20. The Hall–Kier alpha value is -3.68. The van der Waals surface area contributed by atoms with Gasteiger partial charge in [-0.25, -0.2) is 9.78 Å². The van der Waals surface area contributed by atoms with Crippen molar-refractivity contribution >= 4 is 29.7 Å². The van der Waals surface area contributed by atoms with Crippen LogP contribution in [0, 0.1) is 5.92 Å². The zero-order valence-corrected chi connectivity index (χ0v) is 19.4. The number of nitrogens with one attached hydrogen (secondary N) is 4. The minimum absolute atomic E-state index is 0.0497. The summed E-state index contributed by atoms with van der Waals surface area (Å²) in [6.07, 6.45) is 3.99. The van der Waals surface area contributed by atoms with E-state index in [2.05, 4.69) is 30.9 Å². The van der Waals surface area contributed by atoms with E-state index < -0.39 is 48.4 Å². The second-order valence-corrected chi connectivity index (χ2v) is 8.20. The molecule has 0 fully saturated rings. The number of imidazole rings is 1. The topological polar surface area (TPSA) is 244 Å². The van der Waals surface area contributed by atoms with Crippen LogP contribution in [0.15, 0.2) is 17.5 Å². The summed E-state index contributed by atoms with van der Waals surface area (Å²) in [4.78, 5) is 59.3. The largest absolute Gasteiger partial charge is 0.480 e. The number of carboxylic acid groups (broad SMARTS) is 1. The van der Waals surface area contributed by atoms with Crippen molar-refractivity contribution in [2.45, 2.75) is 57.7 Å². The third kappa shape index (κ3) is 11.3. The molecule has 1 rings (SSSR count). The van der Waals surface area contributed by atoms with Gasteiger partial charge in [-0.05, 0) is 25.2 Å². The summed E-state index contributed by atoms with van der Waals surface area (Å²) in [5.41, 5.74) is 17.0. The first-order valence-electron chi connectivity index (χ1n) is 10.9. The average molecular weight is 482 g/mol. The maximum Gasteiger partial charge on any atom is 0.326 e. The monoisotopic (exact) mass is 481 g/mol. The van der Waals surface area contributed by atoms with Gasteiger partial charge >= 0.3 is 5.97 Å². The summed E-state index contributed by atoms with van der Waals surface area (Å²) >= 11 is 0. The number of guanidine groups is 1. The summed E-state index contributed by atoms with van der Waals surface area (Å²) in [6.45, 7) is 3.52. The van der Waals surface area contributed by atoms with Gasteiger partial charge in [0.2, 0.25) is 17.7 Å². The van der Waals surface area contributed by atoms with Gasteiger partial charge in [0.05, 0.1) is 18.9 Å². The molecule has 1 aromatic heterocycles. The third-order valence-corrected chi connectivity index (χ3v) is 4.68. The smallest absolute Gasteiger partial charge is 0.326 e. The standard InChI is InChI=1S/C20H35N9O5/c1-11(2)6-15(19(33)34)28-16(30)9-26-18(32)14(7-12-8-24-10-27-12)29-17(31)13(21)4-3-5-25-20(22)23/h8,10-11,13-15H,3-7,9,21H2,1-2H3,(H,24,27)(H,26,32)(H,28,30)(H,29,31)(H,33,34)(H4,22,23,25). The predicted molar refractivity (Wildman–Crippen MR) is 124 cm³/mol. The lowest BCUT2D eigenvalue weighted by Crippen LogP contribution is -2.54. The van der Waals surface area contributed by atoms with Gasteiger partial charge in [0.1, 0.15) is 12.1 Å². The Labute approximate surface area is 197 Å². The van der Waals surface area contributed by atoms with Crippen LogP contribution in [0.2, 0.25) is 0 Å². The SMILES string of the molecule is CC(C)CC(NC(=O)CNC(=O)C(Cc1cnc[nH]1)NC(=O)C(N)CCCN=C(N)N)C(=O)O. The lowest BCUT2D eigenvalue weighted by atomic mass is 10.0. The summed E-state index contributed by atoms with van der Waals surface area (Å²) in [6, 6.07) is -3.01. The average Bonchev–Trinajstić information content (AvgIpc) is 3.26. The zero-order valence-electron chi connectivity index (χ0n) is 19.4. The van der Waals surface area contributed by atoms with E-state index in [1.54, 1.807) is 0 Å². The Morgan fingerprint density at radius 1 is 1.15 bits per heavy atom. The Balaban J connectivity index is 2.70. The molecule has 0 aliphatic carbocycles. The minimum Gasteiger partial charge on any atom is -0.480 e. The lowest BCUT2D eigenvalue weighted by Gasteiger charge is -2.21. The van der Waals surface area contributed by atoms with Crippen LogP contribution < -0.4 is 33.2 Å². The molecule has 3 unspecified atom stereocenters. The number of aromatic nitrogens is 2. The third-order valence-electron chi connectivity index (χ3n) is 4.68. The highest BCUT2D eigenvalue weighted by Gasteiger charge is 2.26. The zero-order chi connectivity index (χ0) is 25.7. The van der Waals surface area contributed by atoms with Crippen LogP contribution in [-0.2, 0) is 25.6 Å². The van der Waals surface area contributed by atoms with Crippen molar-refractivity contribution in [2.24, 2.45) is 28.1 Å². The Kier molecular flexibility index (Phi) is 12.1. The van der Waals surface area contributed by atoms with Crippen molar-refractivity contribution in [3.63, 3.8) is 0 Å². The summed E-state index contributed by atoms with van der Waals surface area (Å²) in [7, 11) is 0. The molecule has 0 aromatic carbocycles. The van der Waals surface area contributed by atoms with Crippen LogP contribution in [0.1, 0.15) is 38.8 Å². The molecule has 3 amide bonds. The summed E-state index contributed by atoms with van der Waals surface area (Å²) < 4.78 is 0. The molecule has 0 saturated heterocycles. The molecular formula is C20H35N9O5. The molecule has 0 bridgehead atoms. The molecule has 0 radical (unpaired) electrons. The molecule has 11 N–H and O–H groups in total. The van der Waals surface area contributed by atoms with Crippen molar-refractivity contribution in [3.8, 4) is 0 Å². The van der Waals surface area contributed by atoms with Gasteiger partial charge in [-0.15, -0.1) is 0 Å². The van der Waals surface area contributed by atoms with Gasteiger partial charge in [0.15, 0.2) is 5.96 Å². The Bertz CT molecular complexity index is 837. The highest BCUT2D eigenvalue weighted by molar-refractivity contribution is 5.92. The molecule has 190 valence electrons. The fraction of sp³-hybridized carbons (Fsp3) is 0.600. The number of aliphatic carboxylic acids is 1. The van der Waals surface area contributed by atoms with Crippen LogP contribution in [-0.4, -0.2) is 75.9 Å². The number of carbonyl (C=O) groups is 4. The molecule has 14 heteroatoms. The maximum atomic E-state index is 12.7. The fourth-order valence-corrected chi connectivity index (χ4v) is 2.98. The first-order valence-corrected chi connectivity index (χ1v) is 10.9. The number of rotatable bonds is 15. The van der Waals surface area contributed by atoms with Gasteiger partial charge in [-0.1, -0.05) is 13.8 Å². The van der Waals surface area contributed by atoms with Gasteiger partial charge in [-0.3, -0.25) is 19.4 Å². The Morgan fingerprint density at radius 3 is 2.41 bits per heavy atom. The van der Waals surface area contributed by atoms with Crippen LogP contribution in [0.3, 0.4) is 0 Å². The van der Waals surface area contributed by atoms with E-state index in [4.69, 9.17) is 17.2 Å². The molecule has 3 atom stereocenters. The minimum atomic E-state index is -1.16. The fourth-order valence-electron chi connectivity index (χ4n) is 2.98. The number of nitrogens with two attached hydrogens (primary N) is 3. The van der Waals surface area contributed by atoms with E-state index in [9.17, 15) is 24.3 Å². The number of H-pyrrole nitrogens is 1. The van der Waals surface area contributed by atoms with Crippen LogP contribution in [0.25, 0.3) is 0 Å². The van der Waals surface area contributed by atoms with Crippen LogP contribution in [0.4, 0.5) is 0 Å². The summed E-state index contributed by atoms with van der Waals surface area (Å²) in [5, 5.41) is 16.6. The number of amides is 3. The molecule has 0 spiro atoms. The molecular weight excluding hydrogens is 446 g/mol. The van der Waals surface area contributed by atoms with E-state index in [-0.39, 0.29) is 31.1 Å². The summed E-state index contributed by atoms with van der Waals surface area (Å²) in [5.74, 6) is -3.03. The van der Waals surface area contributed by atoms with Crippen molar-refractivity contribution in [3.05, 3.63) is 18.2 Å². The van der Waals surface area contributed by atoms with E-state index in [1.807, 2.05) is 13.8 Å². The first-order chi connectivity index (χ1) is 16.0. The molecule has 0 aliphatic heterocycles. The molecule has 0 aliphatic rings. The lowest BCUT2D eigenvalue weighted by molar-refractivity contribution is -0.142. The number of aromatic amines is 1. The Morgan fingerprint density at radius 2 is 1.85 bits per heavy atom. The van der Waals surface area contributed by atoms with Gasteiger partial charge in [0, 0.05) is 24.9 Å². The molecule has 34 heavy (non-hydrogen) atoms. The normalized spacial score (nSPS) is 13.4. The second kappa shape index (κ2) is 14.5. The van der Waals surface area contributed by atoms with Crippen LogP contribution >= 0.6 is 0 Å². The number of carbonyl (C=O) groups excluding carboxylic acids is 3. The maximum absolute atomic E-state index is 12.7. The van der Waals surface area contributed by atoms with E-state index >= 15 is 0 Å². The highest BCUT2D eigenvalue weighted by Crippen LogP contribution is 2.05. The number of hydrogen-bond donors (Lipinski definition) is 8.